The molecule has 0 bridgehead atoms. The molecule has 1 aromatic heterocycles. The molecular formula is C23H29N3O2. The van der Waals surface area contributed by atoms with E-state index in [1.54, 1.807) is 6.20 Å². The molecule has 0 unspecified atom stereocenters. The number of hydrogen-bond acceptors (Lipinski definition) is 3. The Hall–Kier alpha value is -2.43. The highest BCUT2D eigenvalue weighted by Gasteiger charge is 2.27. The lowest BCUT2D eigenvalue weighted by molar-refractivity contribution is -0.130. The van der Waals surface area contributed by atoms with E-state index in [9.17, 15) is 9.59 Å². The summed E-state index contributed by atoms with van der Waals surface area (Å²) in [6.45, 7) is 5.42. The number of carbonyl (C=O) groups excluding carboxylic acids is 2. The maximum absolute atomic E-state index is 13.2. The monoisotopic (exact) mass is 379 g/mol. The summed E-state index contributed by atoms with van der Waals surface area (Å²) in [4.78, 5) is 34.0. The van der Waals surface area contributed by atoms with Gasteiger partial charge in [-0.3, -0.25) is 14.6 Å². The van der Waals surface area contributed by atoms with Crippen LogP contribution in [0.15, 0.2) is 30.5 Å². The molecule has 1 atom stereocenters. The van der Waals surface area contributed by atoms with Gasteiger partial charge in [-0.25, -0.2) is 0 Å². The normalized spacial score (nSPS) is 20.0. The van der Waals surface area contributed by atoms with E-state index in [0.717, 1.165) is 80.3 Å². The Bertz CT molecular complexity index is 873. The fourth-order valence-electron chi connectivity index (χ4n) is 4.55. The number of aryl methyl sites for hydroxylation is 1. The van der Waals surface area contributed by atoms with Gasteiger partial charge in [0.25, 0.3) is 5.91 Å². The van der Waals surface area contributed by atoms with E-state index in [1.807, 2.05) is 41.0 Å². The zero-order valence-electron chi connectivity index (χ0n) is 16.7. The molecule has 2 amide bonds. The zero-order chi connectivity index (χ0) is 19.5. The number of piperidine rings is 1. The van der Waals surface area contributed by atoms with Crippen LogP contribution in [0.2, 0.25) is 0 Å². The predicted molar refractivity (Wildman–Crippen MR) is 110 cm³/mol. The maximum Gasteiger partial charge on any atom is 0.254 e. The van der Waals surface area contributed by atoms with Crippen molar-refractivity contribution in [2.24, 2.45) is 5.92 Å². The summed E-state index contributed by atoms with van der Waals surface area (Å²) in [6, 6.07) is 7.89. The van der Waals surface area contributed by atoms with Crippen LogP contribution in [0.1, 0.15) is 54.4 Å². The third kappa shape index (κ3) is 4.03. The topological polar surface area (TPSA) is 53.5 Å². The summed E-state index contributed by atoms with van der Waals surface area (Å²) in [5.74, 6) is 0.796. The molecule has 2 aliphatic heterocycles. The van der Waals surface area contributed by atoms with Crippen molar-refractivity contribution in [2.45, 2.75) is 45.4 Å². The minimum atomic E-state index is 0.0913. The molecule has 1 aromatic carbocycles. The molecule has 2 aromatic rings. The minimum absolute atomic E-state index is 0.0913. The van der Waals surface area contributed by atoms with E-state index in [2.05, 4.69) is 4.98 Å². The number of nitrogens with zero attached hydrogens (tertiary/aromatic N) is 3. The second-order valence-corrected chi connectivity index (χ2v) is 8.27. The van der Waals surface area contributed by atoms with Crippen LogP contribution in [-0.2, 0) is 4.79 Å². The Kier molecular flexibility index (Phi) is 5.60. The van der Waals surface area contributed by atoms with Crippen molar-refractivity contribution in [1.82, 2.24) is 14.8 Å². The van der Waals surface area contributed by atoms with E-state index >= 15 is 0 Å². The summed E-state index contributed by atoms with van der Waals surface area (Å²) in [5, 5.41) is 0.929. The first-order valence-electron chi connectivity index (χ1n) is 10.5. The van der Waals surface area contributed by atoms with Gasteiger partial charge in [-0.05, 0) is 63.1 Å². The number of benzene rings is 1. The Morgan fingerprint density at radius 1 is 1.07 bits per heavy atom. The average Bonchev–Trinajstić information content (AvgIpc) is 3.26. The third-order valence-corrected chi connectivity index (χ3v) is 6.16. The second-order valence-electron chi connectivity index (χ2n) is 8.27. The molecule has 148 valence electrons. The van der Waals surface area contributed by atoms with Gasteiger partial charge in [0.15, 0.2) is 0 Å². The third-order valence-electron chi connectivity index (χ3n) is 6.16. The quantitative estimate of drug-likeness (QED) is 0.812. The molecule has 2 saturated heterocycles. The molecule has 2 aliphatic rings. The van der Waals surface area contributed by atoms with Gasteiger partial charge in [0.2, 0.25) is 5.91 Å². The standard InChI is InChI=1S/C23H29N3O2/c1-17-6-8-21-20(15-17)19(10-11-24-21)23(28)26-14-4-5-18(16-26)7-9-22(27)25-12-2-3-13-25/h6,8,10-11,15,18H,2-5,7,9,12-14,16H2,1H3/t18-/m1/s1. The van der Waals surface area contributed by atoms with Gasteiger partial charge < -0.3 is 9.80 Å². The fourth-order valence-corrected chi connectivity index (χ4v) is 4.55. The summed E-state index contributed by atoms with van der Waals surface area (Å²) < 4.78 is 0. The van der Waals surface area contributed by atoms with Gasteiger partial charge in [0.1, 0.15) is 0 Å². The van der Waals surface area contributed by atoms with Gasteiger partial charge in [-0.1, -0.05) is 11.6 Å². The van der Waals surface area contributed by atoms with Crippen LogP contribution in [0.3, 0.4) is 0 Å². The maximum atomic E-state index is 13.2. The van der Waals surface area contributed by atoms with Crippen molar-refractivity contribution in [3.63, 3.8) is 0 Å². The number of fused-ring (bicyclic) bond motifs is 1. The summed E-state index contributed by atoms with van der Waals surface area (Å²) in [6.07, 6.45) is 7.61. The molecule has 0 saturated carbocycles. The smallest absolute Gasteiger partial charge is 0.254 e. The first kappa shape index (κ1) is 18.9. The lowest BCUT2D eigenvalue weighted by Crippen LogP contribution is -2.40. The molecule has 28 heavy (non-hydrogen) atoms. The number of pyridine rings is 1. The molecular weight excluding hydrogens is 350 g/mol. The highest BCUT2D eigenvalue weighted by Crippen LogP contribution is 2.26. The highest BCUT2D eigenvalue weighted by molar-refractivity contribution is 6.06. The largest absolute Gasteiger partial charge is 0.343 e. The van der Waals surface area contributed by atoms with E-state index in [-0.39, 0.29) is 11.8 Å². The Morgan fingerprint density at radius 3 is 2.68 bits per heavy atom. The van der Waals surface area contributed by atoms with Crippen molar-refractivity contribution in [1.29, 1.82) is 0 Å². The lowest BCUT2D eigenvalue weighted by atomic mass is 9.92. The van der Waals surface area contributed by atoms with Crippen LogP contribution in [0.25, 0.3) is 10.9 Å². The number of amides is 2. The average molecular weight is 380 g/mol. The summed E-state index contributed by atoms with van der Waals surface area (Å²) >= 11 is 0. The highest BCUT2D eigenvalue weighted by atomic mass is 16.2. The minimum Gasteiger partial charge on any atom is -0.343 e. The van der Waals surface area contributed by atoms with Crippen molar-refractivity contribution < 1.29 is 9.59 Å². The zero-order valence-corrected chi connectivity index (χ0v) is 16.7. The second kappa shape index (κ2) is 8.29. The molecule has 0 spiro atoms. The molecule has 0 aliphatic carbocycles. The number of aromatic nitrogens is 1. The van der Waals surface area contributed by atoms with Crippen molar-refractivity contribution >= 4 is 22.7 Å². The van der Waals surface area contributed by atoms with Gasteiger partial charge >= 0.3 is 0 Å². The van der Waals surface area contributed by atoms with Crippen LogP contribution in [0.4, 0.5) is 0 Å². The van der Waals surface area contributed by atoms with Gasteiger partial charge in [-0.15, -0.1) is 0 Å². The molecule has 4 rings (SSSR count). The van der Waals surface area contributed by atoms with E-state index < -0.39 is 0 Å². The van der Waals surface area contributed by atoms with Crippen LogP contribution >= 0.6 is 0 Å². The molecule has 0 radical (unpaired) electrons. The summed E-state index contributed by atoms with van der Waals surface area (Å²) in [5.41, 5.74) is 2.73. The molecule has 5 heteroatoms. The first-order valence-corrected chi connectivity index (χ1v) is 10.5. The number of carbonyl (C=O) groups is 2. The van der Waals surface area contributed by atoms with Crippen LogP contribution in [0, 0.1) is 12.8 Å². The number of hydrogen-bond donors (Lipinski definition) is 0. The fraction of sp³-hybridized carbons (Fsp3) is 0.522. The Morgan fingerprint density at radius 2 is 1.86 bits per heavy atom. The Labute approximate surface area is 166 Å². The van der Waals surface area contributed by atoms with Gasteiger partial charge in [0, 0.05) is 44.2 Å². The van der Waals surface area contributed by atoms with E-state index in [4.69, 9.17) is 0 Å². The predicted octanol–water partition coefficient (Wildman–Crippen LogP) is 3.80. The number of likely N-dealkylation sites (tertiary alicyclic amines) is 2. The molecule has 0 N–H and O–H groups in total. The van der Waals surface area contributed by atoms with Crippen LogP contribution in [0.5, 0.6) is 0 Å². The SMILES string of the molecule is Cc1ccc2nccc(C(=O)N3CCC[C@H](CCC(=O)N4CCCC4)C3)c2c1. The van der Waals surface area contributed by atoms with Crippen LogP contribution in [-0.4, -0.2) is 52.8 Å². The summed E-state index contributed by atoms with van der Waals surface area (Å²) in [7, 11) is 0. The first-order chi connectivity index (χ1) is 13.6. The van der Waals surface area contributed by atoms with E-state index in [0.29, 0.717) is 12.3 Å². The van der Waals surface area contributed by atoms with Gasteiger partial charge in [-0.2, -0.15) is 0 Å². The Balaban J connectivity index is 1.42. The van der Waals surface area contributed by atoms with E-state index in [1.165, 1.54) is 0 Å². The van der Waals surface area contributed by atoms with Crippen molar-refractivity contribution in [3.05, 3.63) is 41.6 Å². The molecule has 2 fully saturated rings. The molecule has 5 nitrogen and oxygen atoms in total. The van der Waals surface area contributed by atoms with Crippen molar-refractivity contribution in [3.8, 4) is 0 Å². The lowest BCUT2D eigenvalue weighted by Gasteiger charge is -2.33. The molecule has 3 heterocycles. The van der Waals surface area contributed by atoms with Crippen LogP contribution < -0.4 is 0 Å². The number of rotatable bonds is 4. The van der Waals surface area contributed by atoms with Gasteiger partial charge in [0.05, 0.1) is 11.1 Å². The van der Waals surface area contributed by atoms with Crippen molar-refractivity contribution in [2.75, 3.05) is 26.2 Å².